The fourth-order valence-corrected chi connectivity index (χ4v) is 2.44. The van der Waals surface area contributed by atoms with E-state index in [9.17, 15) is 14.7 Å². The third kappa shape index (κ3) is 3.83. The lowest BCUT2D eigenvalue weighted by atomic mass is 10.2. The van der Waals surface area contributed by atoms with Gasteiger partial charge in [-0.2, -0.15) is 0 Å². The molecule has 0 bridgehead atoms. The average molecular weight is 390 g/mol. The molecule has 1 aliphatic rings. The first kappa shape index (κ1) is 15.0. The van der Waals surface area contributed by atoms with Crippen molar-refractivity contribution in [1.82, 2.24) is 4.90 Å². The quantitative estimate of drug-likeness (QED) is 0.760. The first-order chi connectivity index (χ1) is 9.58. The Morgan fingerprint density at radius 3 is 2.85 bits per heavy atom. The summed E-state index contributed by atoms with van der Waals surface area (Å²) < 4.78 is 6.09. The van der Waals surface area contributed by atoms with Crippen LogP contribution in [-0.2, 0) is 4.74 Å². The summed E-state index contributed by atoms with van der Waals surface area (Å²) in [7, 11) is 0. The molecule has 1 fully saturated rings. The van der Waals surface area contributed by atoms with Crippen molar-refractivity contribution in [2.24, 2.45) is 0 Å². The molecule has 20 heavy (non-hydrogen) atoms. The molecule has 7 heteroatoms. The number of carboxylic acids is 1. The molecule has 0 aromatic heterocycles. The molecule has 0 spiro atoms. The van der Waals surface area contributed by atoms with E-state index in [2.05, 4.69) is 5.32 Å². The molecule has 1 aliphatic heterocycles. The zero-order valence-electron chi connectivity index (χ0n) is 10.8. The summed E-state index contributed by atoms with van der Waals surface area (Å²) in [5, 5.41) is 11.8. The number of halogens is 1. The fourth-order valence-electron chi connectivity index (χ4n) is 1.95. The number of carboxylic acid groups (broad SMARTS) is 1. The Morgan fingerprint density at radius 1 is 1.30 bits per heavy atom. The van der Waals surface area contributed by atoms with E-state index in [1.54, 1.807) is 17.0 Å². The zero-order valence-corrected chi connectivity index (χ0v) is 12.9. The van der Waals surface area contributed by atoms with Crippen LogP contribution in [0.5, 0.6) is 0 Å². The minimum atomic E-state index is -1.06. The van der Waals surface area contributed by atoms with Crippen molar-refractivity contribution in [3.63, 3.8) is 0 Å². The van der Waals surface area contributed by atoms with Gasteiger partial charge in [-0.05, 0) is 47.2 Å². The number of anilines is 1. The molecule has 0 saturated carbocycles. The predicted octanol–water partition coefficient (Wildman–Crippen LogP) is 2.24. The molecule has 2 amide bonds. The highest BCUT2D eigenvalue weighted by molar-refractivity contribution is 14.1. The van der Waals surface area contributed by atoms with Gasteiger partial charge in [0.15, 0.2) is 0 Å². The summed E-state index contributed by atoms with van der Waals surface area (Å²) >= 11 is 2.03. The van der Waals surface area contributed by atoms with Crippen LogP contribution in [0.3, 0.4) is 0 Å². The van der Waals surface area contributed by atoms with Gasteiger partial charge in [0.05, 0.1) is 17.9 Å². The van der Waals surface area contributed by atoms with Crippen LogP contribution in [0.1, 0.15) is 16.8 Å². The van der Waals surface area contributed by atoms with Crippen molar-refractivity contribution < 1.29 is 19.4 Å². The first-order valence-corrected chi connectivity index (χ1v) is 7.32. The minimum absolute atomic E-state index is 0.0938. The maximum absolute atomic E-state index is 12.1. The minimum Gasteiger partial charge on any atom is -0.478 e. The van der Waals surface area contributed by atoms with Crippen LogP contribution in [0.2, 0.25) is 0 Å². The van der Waals surface area contributed by atoms with Crippen molar-refractivity contribution >= 4 is 40.3 Å². The zero-order chi connectivity index (χ0) is 14.5. The van der Waals surface area contributed by atoms with E-state index in [0.29, 0.717) is 32.0 Å². The van der Waals surface area contributed by atoms with Gasteiger partial charge in [0.25, 0.3) is 0 Å². The molecule has 6 nitrogen and oxygen atoms in total. The summed E-state index contributed by atoms with van der Waals surface area (Å²) in [5.74, 6) is -1.06. The van der Waals surface area contributed by atoms with E-state index in [1.807, 2.05) is 22.6 Å². The highest BCUT2D eigenvalue weighted by Crippen LogP contribution is 2.19. The van der Waals surface area contributed by atoms with Crippen molar-refractivity contribution in [1.29, 1.82) is 0 Å². The second-order valence-electron chi connectivity index (χ2n) is 4.38. The number of carbonyl (C=O) groups excluding carboxylic acids is 1. The Labute approximate surface area is 130 Å². The molecular formula is C13H15IN2O4. The van der Waals surface area contributed by atoms with Crippen molar-refractivity contribution in [2.45, 2.75) is 6.42 Å². The van der Waals surface area contributed by atoms with Crippen molar-refractivity contribution in [3.8, 4) is 0 Å². The smallest absolute Gasteiger partial charge is 0.337 e. The number of amides is 2. The number of aromatic carboxylic acids is 1. The van der Waals surface area contributed by atoms with Gasteiger partial charge in [-0.1, -0.05) is 0 Å². The highest BCUT2D eigenvalue weighted by Gasteiger charge is 2.18. The number of urea groups is 1. The van der Waals surface area contributed by atoms with E-state index in [0.717, 1.165) is 9.99 Å². The molecule has 1 aromatic carbocycles. The highest BCUT2D eigenvalue weighted by atomic mass is 127. The van der Waals surface area contributed by atoms with Gasteiger partial charge in [-0.3, -0.25) is 0 Å². The molecule has 2 rings (SSSR count). The van der Waals surface area contributed by atoms with Crippen LogP contribution in [0.25, 0.3) is 0 Å². The van der Waals surface area contributed by atoms with Crippen LogP contribution >= 0.6 is 22.6 Å². The number of rotatable bonds is 2. The predicted molar refractivity (Wildman–Crippen MR) is 82.1 cm³/mol. The molecule has 108 valence electrons. The van der Waals surface area contributed by atoms with Crippen LogP contribution in [0.15, 0.2) is 18.2 Å². The normalized spacial score (nSPS) is 15.6. The van der Waals surface area contributed by atoms with Gasteiger partial charge in [-0.25, -0.2) is 9.59 Å². The van der Waals surface area contributed by atoms with Crippen molar-refractivity contribution in [2.75, 3.05) is 31.6 Å². The van der Waals surface area contributed by atoms with Gasteiger partial charge in [0, 0.05) is 23.3 Å². The van der Waals surface area contributed by atoms with Gasteiger partial charge in [0.2, 0.25) is 0 Å². The van der Waals surface area contributed by atoms with E-state index in [-0.39, 0.29) is 11.6 Å². The summed E-state index contributed by atoms with van der Waals surface area (Å²) in [4.78, 5) is 25.0. The standard InChI is InChI=1S/C13H15IN2O4/c14-9-2-3-11(10(8-9)12(17)18)15-13(19)16-4-1-6-20-7-5-16/h2-3,8H,1,4-7H2,(H,15,19)(H,17,18). The van der Waals surface area contributed by atoms with Gasteiger partial charge < -0.3 is 20.1 Å². The van der Waals surface area contributed by atoms with Crippen LogP contribution < -0.4 is 5.32 Å². The number of nitrogens with zero attached hydrogens (tertiary/aromatic N) is 1. The van der Waals surface area contributed by atoms with Crippen molar-refractivity contribution in [3.05, 3.63) is 27.3 Å². The Kier molecular flexibility index (Phi) is 5.18. The van der Waals surface area contributed by atoms with Crippen LogP contribution in [-0.4, -0.2) is 48.3 Å². The molecule has 1 saturated heterocycles. The lowest BCUT2D eigenvalue weighted by Gasteiger charge is -2.20. The summed E-state index contributed by atoms with van der Waals surface area (Å²) in [6.45, 7) is 2.27. The molecule has 0 atom stereocenters. The summed E-state index contributed by atoms with van der Waals surface area (Å²) in [5.41, 5.74) is 0.407. The monoisotopic (exact) mass is 390 g/mol. The SMILES string of the molecule is O=C(O)c1cc(I)ccc1NC(=O)N1CCCOCC1. The third-order valence-electron chi connectivity index (χ3n) is 2.96. The second kappa shape index (κ2) is 6.89. The van der Waals surface area contributed by atoms with Gasteiger partial charge in [0.1, 0.15) is 0 Å². The Bertz CT molecular complexity index is 513. The molecule has 2 N–H and O–H groups in total. The Hall–Kier alpha value is -1.35. The molecule has 1 heterocycles. The Balaban J connectivity index is 2.12. The number of nitrogens with one attached hydrogen (secondary N) is 1. The molecule has 1 aromatic rings. The lowest BCUT2D eigenvalue weighted by molar-refractivity contribution is 0.0698. The van der Waals surface area contributed by atoms with Crippen LogP contribution in [0, 0.1) is 3.57 Å². The molecule has 0 radical (unpaired) electrons. The van der Waals surface area contributed by atoms with E-state index < -0.39 is 5.97 Å². The molecule has 0 unspecified atom stereocenters. The van der Waals surface area contributed by atoms with Gasteiger partial charge in [-0.15, -0.1) is 0 Å². The van der Waals surface area contributed by atoms with E-state index in [4.69, 9.17) is 4.74 Å². The molecular weight excluding hydrogens is 375 g/mol. The maximum Gasteiger partial charge on any atom is 0.337 e. The number of hydrogen-bond donors (Lipinski definition) is 2. The maximum atomic E-state index is 12.1. The second-order valence-corrected chi connectivity index (χ2v) is 5.62. The number of ether oxygens (including phenoxy) is 1. The summed E-state index contributed by atoms with van der Waals surface area (Å²) in [6, 6.07) is 4.61. The largest absolute Gasteiger partial charge is 0.478 e. The van der Waals surface area contributed by atoms with E-state index >= 15 is 0 Å². The summed E-state index contributed by atoms with van der Waals surface area (Å²) in [6.07, 6.45) is 0.784. The average Bonchev–Trinajstić information content (AvgIpc) is 2.69. The number of benzene rings is 1. The topological polar surface area (TPSA) is 78.9 Å². The van der Waals surface area contributed by atoms with Crippen LogP contribution in [0.4, 0.5) is 10.5 Å². The lowest BCUT2D eigenvalue weighted by Crippen LogP contribution is -2.37. The van der Waals surface area contributed by atoms with Gasteiger partial charge >= 0.3 is 12.0 Å². The molecule has 0 aliphatic carbocycles. The van der Waals surface area contributed by atoms with E-state index in [1.165, 1.54) is 6.07 Å². The first-order valence-electron chi connectivity index (χ1n) is 6.24. The Morgan fingerprint density at radius 2 is 2.10 bits per heavy atom. The number of hydrogen-bond acceptors (Lipinski definition) is 3. The number of carbonyl (C=O) groups is 2. The fraction of sp³-hybridized carbons (Fsp3) is 0.385. The third-order valence-corrected chi connectivity index (χ3v) is 3.63.